The summed E-state index contributed by atoms with van der Waals surface area (Å²) in [5, 5.41) is 0. The molecule has 1 aromatic heterocycles. The standard InChI is InChI=1S/C8H7Cl6N3/c1-3(2)4-15-5(7(9,10)11)17-6(16-4)8(12,13)14/h3H,1-2H3. The molecular formula is C8H7Cl6N3. The molecule has 9 heteroatoms. The highest BCUT2D eigenvalue weighted by Gasteiger charge is 2.34. The van der Waals surface area contributed by atoms with Crippen molar-refractivity contribution in [1.29, 1.82) is 0 Å². The zero-order chi connectivity index (χ0) is 13.4. The minimum absolute atomic E-state index is 0.0183. The molecule has 0 atom stereocenters. The van der Waals surface area contributed by atoms with E-state index < -0.39 is 7.59 Å². The fourth-order valence-corrected chi connectivity index (χ4v) is 1.41. The second-order valence-corrected chi connectivity index (χ2v) is 8.05. The molecule has 1 heterocycles. The third-order valence-corrected chi connectivity index (χ3v) is 2.69. The molecule has 0 amide bonds. The van der Waals surface area contributed by atoms with Crippen molar-refractivity contribution in [1.82, 2.24) is 15.0 Å². The van der Waals surface area contributed by atoms with Gasteiger partial charge in [-0.25, -0.2) is 15.0 Å². The van der Waals surface area contributed by atoms with Crippen LogP contribution in [0.15, 0.2) is 0 Å². The van der Waals surface area contributed by atoms with Crippen molar-refractivity contribution in [3.05, 3.63) is 17.5 Å². The minimum Gasteiger partial charge on any atom is -0.213 e. The summed E-state index contributed by atoms with van der Waals surface area (Å²) in [6.45, 7) is 3.72. The molecule has 0 aromatic carbocycles. The monoisotopic (exact) mass is 355 g/mol. The van der Waals surface area contributed by atoms with Gasteiger partial charge in [0.1, 0.15) is 5.82 Å². The fraction of sp³-hybridized carbons (Fsp3) is 0.625. The van der Waals surface area contributed by atoms with E-state index in [2.05, 4.69) is 15.0 Å². The van der Waals surface area contributed by atoms with Crippen LogP contribution < -0.4 is 0 Å². The molecule has 0 saturated carbocycles. The first-order valence-corrected chi connectivity index (χ1v) is 6.69. The summed E-state index contributed by atoms with van der Waals surface area (Å²) in [6.07, 6.45) is 0. The van der Waals surface area contributed by atoms with E-state index in [4.69, 9.17) is 69.6 Å². The van der Waals surface area contributed by atoms with Crippen LogP contribution in [0, 0.1) is 0 Å². The van der Waals surface area contributed by atoms with Gasteiger partial charge in [-0.1, -0.05) is 83.5 Å². The fourth-order valence-electron chi connectivity index (χ4n) is 0.904. The third-order valence-electron chi connectivity index (χ3n) is 1.68. The van der Waals surface area contributed by atoms with Gasteiger partial charge in [0.15, 0.2) is 11.6 Å². The summed E-state index contributed by atoms with van der Waals surface area (Å²) in [4.78, 5) is 11.9. The molecule has 0 aliphatic carbocycles. The first kappa shape index (κ1) is 15.8. The molecule has 3 nitrogen and oxygen atoms in total. The molecule has 96 valence electrons. The van der Waals surface area contributed by atoms with E-state index in [1.165, 1.54) is 0 Å². The SMILES string of the molecule is CC(C)c1nc(C(Cl)(Cl)Cl)nc(C(Cl)(Cl)Cl)n1. The molecule has 1 aromatic rings. The van der Waals surface area contributed by atoms with Crippen molar-refractivity contribution in [2.75, 3.05) is 0 Å². The molecule has 1 rings (SSSR count). The maximum Gasteiger partial charge on any atom is 0.250 e. The smallest absolute Gasteiger partial charge is 0.213 e. The van der Waals surface area contributed by atoms with Gasteiger partial charge < -0.3 is 0 Å². The second-order valence-electron chi connectivity index (χ2n) is 3.49. The van der Waals surface area contributed by atoms with Gasteiger partial charge >= 0.3 is 0 Å². The van der Waals surface area contributed by atoms with Gasteiger partial charge in [0.05, 0.1) is 0 Å². The molecule has 0 aliphatic heterocycles. The zero-order valence-corrected chi connectivity index (χ0v) is 13.2. The van der Waals surface area contributed by atoms with E-state index >= 15 is 0 Å². The Morgan fingerprint density at radius 1 is 0.765 bits per heavy atom. The number of nitrogens with zero attached hydrogens (tertiary/aromatic N) is 3. The van der Waals surface area contributed by atoms with Crippen molar-refractivity contribution in [3.63, 3.8) is 0 Å². The molecule has 0 N–H and O–H groups in total. The molecule has 17 heavy (non-hydrogen) atoms. The van der Waals surface area contributed by atoms with Gasteiger partial charge in [-0.05, 0) is 0 Å². The summed E-state index contributed by atoms with van der Waals surface area (Å²) in [6, 6.07) is 0. The maximum absolute atomic E-state index is 5.71. The van der Waals surface area contributed by atoms with Crippen LogP contribution in [0.1, 0.15) is 37.2 Å². The Hall–Kier alpha value is 0.750. The number of alkyl halides is 6. The zero-order valence-electron chi connectivity index (χ0n) is 8.69. The van der Waals surface area contributed by atoms with E-state index in [0.29, 0.717) is 5.82 Å². The Labute approximate surface area is 129 Å². The Morgan fingerprint density at radius 3 is 1.35 bits per heavy atom. The van der Waals surface area contributed by atoms with E-state index in [9.17, 15) is 0 Å². The number of hydrogen-bond acceptors (Lipinski definition) is 3. The average molecular weight is 358 g/mol. The summed E-state index contributed by atoms with van der Waals surface area (Å²) in [5.41, 5.74) is 0. The summed E-state index contributed by atoms with van der Waals surface area (Å²) < 4.78 is -3.59. The minimum atomic E-state index is -1.79. The lowest BCUT2D eigenvalue weighted by Crippen LogP contribution is -2.18. The average Bonchev–Trinajstić information content (AvgIpc) is 2.14. The molecule has 0 saturated heterocycles. The summed E-state index contributed by atoms with van der Waals surface area (Å²) in [5.74, 6) is 0.239. The van der Waals surface area contributed by atoms with Crippen LogP contribution in [0.5, 0.6) is 0 Å². The van der Waals surface area contributed by atoms with Crippen LogP contribution in [0.2, 0.25) is 0 Å². The number of halogens is 6. The molecule has 0 radical (unpaired) electrons. The Morgan fingerprint density at radius 2 is 1.12 bits per heavy atom. The highest BCUT2D eigenvalue weighted by molar-refractivity contribution is 6.67. The topological polar surface area (TPSA) is 38.7 Å². The van der Waals surface area contributed by atoms with Crippen LogP contribution >= 0.6 is 69.6 Å². The van der Waals surface area contributed by atoms with Gasteiger partial charge in [-0.2, -0.15) is 0 Å². The lowest BCUT2D eigenvalue weighted by molar-refractivity contribution is 0.711. The van der Waals surface area contributed by atoms with Gasteiger partial charge in [0.2, 0.25) is 7.59 Å². The van der Waals surface area contributed by atoms with E-state index in [1.54, 1.807) is 0 Å². The number of hydrogen-bond donors (Lipinski definition) is 0. The van der Waals surface area contributed by atoms with Crippen LogP contribution in [0.3, 0.4) is 0 Å². The summed E-state index contributed by atoms with van der Waals surface area (Å²) in [7, 11) is 0. The molecule has 0 bridgehead atoms. The number of rotatable bonds is 1. The van der Waals surface area contributed by atoms with Crippen LogP contribution in [-0.4, -0.2) is 15.0 Å². The Balaban J connectivity index is 3.40. The largest absolute Gasteiger partial charge is 0.250 e. The van der Waals surface area contributed by atoms with Crippen molar-refractivity contribution >= 4 is 69.6 Å². The predicted octanol–water partition coefficient (Wildman–Crippen LogP) is 4.65. The predicted molar refractivity (Wildman–Crippen MR) is 72.4 cm³/mol. The van der Waals surface area contributed by atoms with Gasteiger partial charge in [0.25, 0.3) is 0 Å². The van der Waals surface area contributed by atoms with E-state index in [1.807, 2.05) is 13.8 Å². The van der Waals surface area contributed by atoms with Crippen molar-refractivity contribution in [3.8, 4) is 0 Å². The summed E-state index contributed by atoms with van der Waals surface area (Å²) >= 11 is 34.2. The van der Waals surface area contributed by atoms with Crippen molar-refractivity contribution in [2.24, 2.45) is 0 Å². The Bertz CT molecular complexity index is 376. The normalized spacial score (nSPS) is 13.2. The van der Waals surface area contributed by atoms with Crippen LogP contribution in [-0.2, 0) is 7.59 Å². The highest BCUT2D eigenvalue weighted by atomic mass is 35.6. The molecule has 0 unspecified atom stereocenters. The number of aromatic nitrogens is 3. The lowest BCUT2D eigenvalue weighted by atomic mass is 10.2. The molecule has 0 fully saturated rings. The van der Waals surface area contributed by atoms with E-state index in [0.717, 1.165) is 0 Å². The quantitative estimate of drug-likeness (QED) is 0.687. The first-order chi connectivity index (χ1) is 7.51. The van der Waals surface area contributed by atoms with Crippen molar-refractivity contribution in [2.45, 2.75) is 27.4 Å². The van der Waals surface area contributed by atoms with Crippen LogP contribution in [0.25, 0.3) is 0 Å². The maximum atomic E-state index is 5.71. The Kier molecular flexibility index (Phi) is 5.02. The highest BCUT2D eigenvalue weighted by Crippen LogP contribution is 2.40. The second kappa shape index (κ2) is 5.40. The molecule has 0 aliphatic rings. The molecule has 0 spiro atoms. The van der Waals surface area contributed by atoms with Gasteiger partial charge in [-0.15, -0.1) is 0 Å². The van der Waals surface area contributed by atoms with Crippen LogP contribution in [0.4, 0.5) is 0 Å². The van der Waals surface area contributed by atoms with E-state index in [-0.39, 0.29) is 17.6 Å². The van der Waals surface area contributed by atoms with Crippen molar-refractivity contribution < 1.29 is 0 Å². The molecular weight excluding hydrogens is 351 g/mol. The van der Waals surface area contributed by atoms with Gasteiger partial charge in [0, 0.05) is 5.92 Å². The van der Waals surface area contributed by atoms with Gasteiger partial charge in [-0.3, -0.25) is 0 Å². The first-order valence-electron chi connectivity index (χ1n) is 4.42. The lowest BCUT2D eigenvalue weighted by Gasteiger charge is -2.16. The third kappa shape index (κ3) is 4.41.